The second kappa shape index (κ2) is 5.95. The first-order valence-electron chi connectivity index (χ1n) is 4.80. The first kappa shape index (κ1) is 12.3. The number of ether oxygens (including phenoxy) is 1. The van der Waals surface area contributed by atoms with Crippen molar-refractivity contribution in [2.75, 3.05) is 6.61 Å². The van der Waals surface area contributed by atoms with Crippen LogP contribution in [-0.2, 0) is 0 Å². The molecule has 0 saturated heterocycles. The van der Waals surface area contributed by atoms with E-state index in [0.29, 0.717) is 17.9 Å². The lowest BCUT2D eigenvalue weighted by Crippen LogP contribution is -2.02. The molecule has 0 aliphatic heterocycles. The average Bonchev–Trinajstić information content (AvgIpc) is 2.20. The van der Waals surface area contributed by atoms with E-state index in [0.717, 1.165) is 16.4 Å². The Hall–Kier alpha value is -0.780. The number of halogens is 1. The predicted molar refractivity (Wildman–Crippen MR) is 66.5 cm³/mol. The van der Waals surface area contributed by atoms with Gasteiger partial charge >= 0.3 is 5.97 Å². The molecule has 0 amide bonds. The summed E-state index contributed by atoms with van der Waals surface area (Å²) in [7, 11) is 0. The van der Waals surface area contributed by atoms with Crippen LogP contribution >= 0.6 is 22.6 Å². The van der Waals surface area contributed by atoms with Crippen molar-refractivity contribution in [1.29, 1.82) is 0 Å². The Morgan fingerprint density at radius 1 is 1.53 bits per heavy atom. The van der Waals surface area contributed by atoms with Gasteiger partial charge in [-0.3, -0.25) is 0 Å². The monoisotopic (exact) mass is 320 g/mol. The van der Waals surface area contributed by atoms with Crippen molar-refractivity contribution >= 4 is 28.6 Å². The number of carboxylic acid groups (broad SMARTS) is 1. The van der Waals surface area contributed by atoms with E-state index >= 15 is 0 Å². The number of benzene rings is 1. The molecule has 1 aromatic rings. The van der Waals surface area contributed by atoms with E-state index in [4.69, 9.17) is 9.84 Å². The lowest BCUT2D eigenvalue weighted by Gasteiger charge is -2.06. The zero-order valence-corrected chi connectivity index (χ0v) is 10.7. The van der Waals surface area contributed by atoms with Crippen molar-refractivity contribution in [1.82, 2.24) is 0 Å². The Bertz CT molecular complexity index is 350. The second-order valence-electron chi connectivity index (χ2n) is 3.15. The highest BCUT2D eigenvalue weighted by molar-refractivity contribution is 14.1. The van der Waals surface area contributed by atoms with Crippen molar-refractivity contribution in [3.8, 4) is 5.75 Å². The number of hydrogen-bond acceptors (Lipinski definition) is 2. The van der Waals surface area contributed by atoms with Crippen LogP contribution in [0, 0.1) is 3.57 Å². The summed E-state index contributed by atoms with van der Waals surface area (Å²) in [6, 6.07) is 5.12. The van der Waals surface area contributed by atoms with Gasteiger partial charge in [-0.15, -0.1) is 0 Å². The maximum atomic E-state index is 10.8. The van der Waals surface area contributed by atoms with E-state index in [1.807, 2.05) is 22.6 Å². The fourth-order valence-electron chi connectivity index (χ4n) is 1.09. The number of aromatic carboxylic acids is 1. The molecule has 4 heteroatoms. The van der Waals surface area contributed by atoms with Crippen molar-refractivity contribution in [3.05, 3.63) is 27.3 Å². The lowest BCUT2D eigenvalue weighted by molar-refractivity contribution is 0.0695. The van der Waals surface area contributed by atoms with Gasteiger partial charge in [-0.2, -0.15) is 0 Å². The maximum Gasteiger partial charge on any atom is 0.336 e. The Morgan fingerprint density at radius 3 is 2.87 bits per heavy atom. The minimum Gasteiger partial charge on any atom is -0.494 e. The topological polar surface area (TPSA) is 46.5 Å². The van der Waals surface area contributed by atoms with Gasteiger partial charge in [0.15, 0.2) is 0 Å². The molecule has 1 N–H and O–H groups in total. The molecule has 0 spiro atoms. The van der Waals surface area contributed by atoms with E-state index in [-0.39, 0.29) is 0 Å². The Labute approximate surface area is 103 Å². The molecule has 0 radical (unpaired) electrons. The molecule has 0 fully saturated rings. The second-order valence-corrected chi connectivity index (χ2v) is 4.31. The maximum absolute atomic E-state index is 10.8. The quantitative estimate of drug-likeness (QED) is 0.669. The van der Waals surface area contributed by atoms with Gasteiger partial charge in [-0.05, 0) is 47.2 Å². The highest BCUT2D eigenvalue weighted by Gasteiger charge is 2.09. The molecule has 1 aromatic carbocycles. The molecular formula is C11H13IO3. The van der Waals surface area contributed by atoms with Crippen LogP contribution in [0.1, 0.15) is 30.1 Å². The molecule has 0 heterocycles. The van der Waals surface area contributed by atoms with Crippen molar-refractivity contribution in [2.45, 2.75) is 19.8 Å². The van der Waals surface area contributed by atoms with E-state index in [2.05, 4.69) is 6.92 Å². The highest BCUT2D eigenvalue weighted by atomic mass is 127. The summed E-state index contributed by atoms with van der Waals surface area (Å²) in [6.45, 7) is 2.72. The number of carbonyl (C=O) groups is 1. The molecule has 0 atom stereocenters. The first-order valence-corrected chi connectivity index (χ1v) is 5.88. The number of rotatable bonds is 5. The van der Waals surface area contributed by atoms with Crippen LogP contribution < -0.4 is 4.74 Å². The van der Waals surface area contributed by atoms with Crippen molar-refractivity contribution in [2.24, 2.45) is 0 Å². The molecule has 1 rings (SSSR count). The zero-order chi connectivity index (χ0) is 11.3. The molecule has 82 valence electrons. The van der Waals surface area contributed by atoms with Gasteiger partial charge in [0.05, 0.1) is 12.2 Å². The third kappa shape index (κ3) is 3.70. The largest absolute Gasteiger partial charge is 0.494 e. The van der Waals surface area contributed by atoms with Gasteiger partial charge in [0.1, 0.15) is 5.75 Å². The summed E-state index contributed by atoms with van der Waals surface area (Å²) in [4.78, 5) is 10.8. The minimum atomic E-state index is -0.916. The summed E-state index contributed by atoms with van der Waals surface area (Å²) in [5.74, 6) is -0.290. The molecule has 0 aliphatic carbocycles. The third-order valence-corrected chi connectivity index (χ3v) is 2.88. The van der Waals surface area contributed by atoms with Gasteiger partial charge < -0.3 is 9.84 Å². The fourth-order valence-corrected chi connectivity index (χ4v) is 1.66. The van der Waals surface area contributed by atoms with Gasteiger partial charge in [0.2, 0.25) is 0 Å². The van der Waals surface area contributed by atoms with Gasteiger partial charge in [-0.25, -0.2) is 4.79 Å². The first-order chi connectivity index (χ1) is 7.15. The summed E-state index contributed by atoms with van der Waals surface area (Å²) < 4.78 is 6.15. The van der Waals surface area contributed by atoms with Crippen LogP contribution in [0.25, 0.3) is 0 Å². The molecule has 3 nitrogen and oxygen atoms in total. The SMILES string of the molecule is CCCCOc1ccc(I)c(C(=O)O)c1. The lowest BCUT2D eigenvalue weighted by atomic mass is 10.2. The van der Waals surface area contributed by atoms with Crippen LogP contribution in [0.5, 0.6) is 5.75 Å². The van der Waals surface area contributed by atoms with E-state index in [9.17, 15) is 4.79 Å². The van der Waals surface area contributed by atoms with Crippen molar-refractivity contribution < 1.29 is 14.6 Å². The standard InChI is InChI=1S/C11H13IO3/c1-2-3-6-15-8-4-5-10(12)9(7-8)11(13)14/h4-5,7H,2-3,6H2,1H3,(H,13,14). The summed E-state index contributed by atoms with van der Waals surface area (Å²) in [5.41, 5.74) is 0.296. The normalized spacial score (nSPS) is 10.0. The summed E-state index contributed by atoms with van der Waals surface area (Å²) in [5, 5.41) is 8.90. The number of carboxylic acids is 1. The Morgan fingerprint density at radius 2 is 2.27 bits per heavy atom. The molecule has 15 heavy (non-hydrogen) atoms. The van der Waals surface area contributed by atoms with Crippen molar-refractivity contribution in [3.63, 3.8) is 0 Å². The van der Waals surface area contributed by atoms with Crippen LogP contribution in [-0.4, -0.2) is 17.7 Å². The fraction of sp³-hybridized carbons (Fsp3) is 0.364. The van der Waals surface area contributed by atoms with Crippen LogP contribution in [0.4, 0.5) is 0 Å². The molecule has 0 bridgehead atoms. The average molecular weight is 320 g/mol. The Balaban J connectivity index is 2.74. The van der Waals surface area contributed by atoms with Crippen LogP contribution in [0.15, 0.2) is 18.2 Å². The van der Waals surface area contributed by atoms with Crippen LogP contribution in [0.2, 0.25) is 0 Å². The van der Waals surface area contributed by atoms with Gasteiger partial charge in [0, 0.05) is 3.57 Å². The van der Waals surface area contributed by atoms with E-state index in [1.165, 1.54) is 0 Å². The summed E-state index contributed by atoms with van der Waals surface area (Å²) in [6.07, 6.45) is 2.05. The number of hydrogen-bond donors (Lipinski definition) is 1. The summed E-state index contributed by atoms with van der Waals surface area (Å²) >= 11 is 2.00. The molecule has 0 aliphatic rings. The highest BCUT2D eigenvalue weighted by Crippen LogP contribution is 2.19. The smallest absolute Gasteiger partial charge is 0.336 e. The Kier molecular flexibility index (Phi) is 4.87. The minimum absolute atomic E-state index is 0.296. The van der Waals surface area contributed by atoms with Gasteiger partial charge in [-0.1, -0.05) is 13.3 Å². The van der Waals surface area contributed by atoms with Gasteiger partial charge in [0.25, 0.3) is 0 Å². The third-order valence-electron chi connectivity index (χ3n) is 1.93. The number of unbranched alkanes of at least 4 members (excludes halogenated alkanes) is 1. The molecule has 0 aromatic heterocycles. The molecule has 0 saturated carbocycles. The zero-order valence-electron chi connectivity index (χ0n) is 8.50. The van der Waals surface area contributed by atoms with E-state index in [1.54, 1.807) is 18.2 Å². The predicted octanol–water partition coefficient (Wildman–Crippen LogP) is 3.17. The molecular weight excluding hydrogens is 307 g/mol. The van der Waals surface area contributed by atoms with Crippen LogP contribution in [0.3, 0.4) is 0 Å². The molecule has 0 unspecified atom stereocenters. The van der Waals surface area contributed by atoms with E-state index < -0.39 is 5.97 Å².